The summed E-state index contributed by atoms with van der Waals surface area (Å²) in [4.78, 5) is 38.5. The number of hydrogen-bond donors (Lipinski definition) is 2. The van der Waals surface area contributed by atoms with Gasteiger partial charge in [0, 0.05) is 25.3 Å². The molecular weight excluding hydrogens is 472 g/mol. The van der Waals surface area contributed by atoms with Gasteiger partial charge in [-0.2, -0.15) is 0 Å². The smallest absolute Gasteiger partial charge is 0.408 e. The molecule has 1 heterocycles. The van der Waals surface area contributed by atoms with E-state index in [2.05, 4.69) is 23.1 Å². The largest absolute Gasteiger partial charge is 0.466 e. The first-order chi connectivity index (χ1) is 16.8. The van der Waals surface area contributed by atoms with E-state index in [9.17, 15) is 14.4 Å². The zero-order chi connectivity index (χ0) is 25.3. The van der Waals surface area contributed by atoms with Crippen molar-refractivity contribution in [2.45, 2.75) is 57.1 Å². The highest BCUT2D eigenvalue weighted by molar-refractivity contribution is 7.95. The Morgan fingerprint density at radius 3 is 2.51 bits per heavy atom. The fourth-order valence-electron chi connectivity index (χ4n) is 4.40. The average molecular weight is 510 g/mol. The van der Waals surface area contributed by atoms with Gasteiger partial charge in [-0.1, -0.05) is 30.3 Å². The molecule has 2 amide bonds. The summed E-state index contributed by atoms with van der Waals surface area (Å²) in [5.74, 6) is -1.34. The number of carbonyl (C=O) groups is 3. The molecule has 9 nitrogen and oxygen atoms in total. The Kier molecular flexibility index (Phi) is 10.2. The minimum atomic E-state index is -0.795. The SMILES string of the molecule is CCOC(=O)[C@@H]1CC2(CC[C@@H]1NC(=O)[C@H](CC[S+](C)C)NC(=O)OCc1ccccc1)OCCO2. The second kappa shape index (κ2) is 13.1. The summed E-state index contributed by atoms with van der Waals surface area (Å²) in [5.41, 5.74) is 0.858. The van der Waals surface area contributed by atoms with Gasteiger partial charge in [0.1, 0.15) is 18.4 Å². The molecule has 3 rings (SSSR count). The summed E-state index contributed by atoms with van der Waals surface area (Å²) in [6, 6.07) is 8.13. The van der Waals surface area contributed by atoms with Gasteiger partial charge in [-0.05, 0) is 29.8 Å². The van der Waals surface area contributed by atoms with E-state index >= 15 is 0 Å². The van der Waals surface area contributed by atoms with Crippen molar-refractivity contribution in [1.82, 2.24) is 10.6 Å². The third-order valence-electron chi connectivity index (χ3n) is 6.22. The van der Waals surface area contributed by atoms with Crippen LogP contribution < -0.4 is 10.6 Å². The fraction of sp³-hybridized carbons (Fsp3) is 0.640. The Balaban J connectivity index is 1.63. The Morgan fingerprint density at radius 2 is 1.86 bits per heavy atom. The van der Waals surface area contributed by atoms with Crippen molar-refractivity contribution in [3.8, 4) is 0 Å². The van der Waals surface area contributed by atoms with Crippen LogP contribution in [0.1, 0.15) is 38.2 Å². The molecule has 2 N–H and O–H groups in total. The van der Waals surface area contributed by atoms with E-state index in [1.165, 1.54) is 0 Å². The molecule has 1 saturated carbocycles. The molecule has 194 valence electrons. The highest BCUT2D eigenvalue weighted by atomic mass is 32.2. The molecule has 1 spiro atoms. The van der Waals surface area contributed by atoms with E-state index < -0.39 is 29.9 Å². The quantitative estimate of drug-likeness (QED) is 0.367. The van der Waals surface area contributed by atoms with Crippen molar-refractivity contribution in [3.63, 3.8) is 0 Å². The summed E-state index contributed by atoms with van der Waals surface area (Å²) < 4.78 is 22.2. The van der Waals surface area contributed by atoms with Crippen LogP contribution in [-0.4, -0.2) is 73.9 Å². The standard InChI is InChI=1S/C25H36N2O7S/c1-4-31-23(29)19-16-25(33-13-14-34-25)12-10-20(19)26-22(28)21(11-15-35(2)3)27-24(30)32-17-18-8-6-5-7-9-18/h5-9,19-21H,4,10-17H2,1-3H3,(H-,26,27,28,30)/p+1/t19-,20+,21+/m1/s1. The van der Waals surface area contributed by atoms with Gasteiger partial charge < -0.3 is 29.6 Å². The van der Waals surface area contributed by atoms with Crippen LogP contribution in [0.5, 0.6) is 0 Å². The van der Waals surface area contributed by atoms with Crippen LogP contribution in [0.3, 0.4) is 0 Å². The molecule has 0 bridgehead atoms. The van der Waals surface area contributed by atoms with Crippen LogP contribution >= 0.6 is 0 Å². The Labute approximate surface area is 209 Å². The normalized spacial score (nSPS) is 21.9. The molecule has 1 aliphatic heterocycles. The van der Waals surface area contributed by atoms with Crippen molar-refractivity contribution in [2.75, 3.05) is 38.1 Å². The second-order valence-electron chi connectivity index (χ2n) is 9.06. The van der Waals surface area contributed by atoms with Crippen LogP contribution in [-0.2, 0) is 46.0 Å². The van der Waals surface area contributed by atoms with Crippen LogP contribution in [0.25, 0.3) is 0 Å². The minimum Gasteiger partial charge on any atom is -0.466 e. The fourth-order valence-corrected chi connectivity index (χ4v) is 5.10. The van der Waals surface area contributed by atoms with Crippen molar-refractivity contribution >= 4 is 28.9 Å². The molecule has 2 aliphatic rings. The van der Waals surface area contributed by atoms with Crippen LogP contribution in [0.15, 0.2) is 30.3 Å². The lowest BCUT2D eigenvalue weighted by molar-refractivity contribution is -0.199. The minimum absolute atomic E-state index is 0.0901. The molecule has 1 saturated heterocycles. The Bertz CT molecular complexity index is 845. The highest BCUT2D eigenvalue weighted by Crippen LogP contribution is 2.39. The van der Waals surface area contributed by atoms with E-state index in [4.69, 9.17) is 18.9 Å². The van der Waals surface area contributed by atoms with Crippen molar-refractivity contribution in [3.05, 3.63) is 35.9 Å². The van der Waals surface area contributed by atoms with Gasteiger partial charge in [0.2, 0.25) is 5.91 Å². The van der Waals surface area contributed by atoms with Crippen LogP contribution in [0.2, 0.25) is 0 Å². The van der Waals surface area contributed by atoms with E-state index in [0.717, 1.165) is 11.3 Å². The van der Waals surface area contributed by atoms with Crippen molar-refractivity contribution in [1.29, 1.82) is 0 Å². The molecule has 0 aromatic heterocycles. The first-order valence-electron chi connectivity index (χ1n) is 12.1. The Hall–Kier alpha value is -2.30. The number of esters is 1. The number of carbonyl (C=O) groups excluding carboxylic acids is 3. The van der Waals surface area contributed by atoms with Gasteiger partial charge in [-0.15, -0.1) is 0 Å². The van der Waals surface area contributed by atoms with E-state index in [-0.39, 0.29) is 36.0 Å². The highest BCUT2D eigenvalue weighted by Gasteiger charge is 2.48. The summed E-state index contributed by atoms with van der Waals surface area (Å²) >= 11 is 0. The lowest BCUT2D eigenvalue weighted by Gasteiger charge is -2.40. The predicted octanol–water partition coefficient (Wildman–Crippen LogP) is 2.14. The van der Waals surface area contributed by atoms with E-state index in [1.807, 2.05) is 30.3 Å². The van der Waals surface area contributed by atoms with Crippen molar-refractivity contribution < 1.29 is 33.3 Å². The molecule has 35 heavy (non-hydrogen) atoms. The van der Waals surface area contributed by atoms with E-state index in [0.29, 0.717) is 38.9 Å². The van der Waals surface area contributed by atoms with Gasteiger partial charge in [0.05, 0.1) is 38.3 Å². The molecular formula is C25H37N2O7S+. The predicted molar refractivity (Wildman–Crippen MR) is 133 cm³/mol. The lowest BCUT2D eigenvalue weighted by atomic mass is 9.80. The monoisotopic (exact) mass is 509 g/mol. The number of hydrogen-bond acceptors (Lipinski definition) is 7. The van der Waals surface area contributed by atoms with Crippen molar-refractivity contribution in [2.24, 2.45) is 5.92 Å². The summed E-state index contributed by atoms with van der Waals surface area (Å²) in [5, 5.41) is 5.72. The maximum absolute atomic E-state index is 13.3. The molecule has 1 aromatic rings. The summed E-state index contributed by atoms with van der Waals surface area (Å²) in [6.07, 6.45) is 5.38. The third-order valence-corrected chi connectivity index (χ3v) is 7.27. The van der Waals surface area contributed by atoms with Crippen LogP contribution in [0.4, 0.5) is 4.79 Å². The number of alkyl carbamates (subject to hydrolysis) is 1. The first-order valence-corrected chi connectivity index (χ1v) is 14.3. The molecule has 1 aliphatic carbocycles. The van der Waals surface area contributed by atoms with Gasteiger partial charge >= 0.3 is 12.1 Å². The summed E-state index contributed by atoms with van der Waals surface area (Å²) in [7, 11) is 0.0901. The zero-order valence-electron chi connectivity index (χ0n) is 20.7. The first kappa shape index (κ1) is 27.3. The molecule has 10 heteroatoms. The average Bonchev–Trinajstić information content (AvgIpc) is 3.30. The maximum Gasteiger partial charge on any atom is 0.408 e. The maximum atomic E-state index is 13.3. The molecule has 2 fully saturated rings. The number of rotatable bonds is 10. The molecule has 1 aromatic carbocycles. The molecule has 3 atom stereocenters. The Morgan fingerprint density at radius 1 is 1.14 bits per heavy atom. The third kappa shape index (κ3) is 8.12. The van der Waals surface area contributed by atoms with Crippen LogP contribution in [0, 0.1) is 5.92 Å². The molecule has 0 unspecified atom stereocenters. The topological polar surface area (TPSA) is 112 Å². The summed E-state index contributed by atoms with van der Waals surface area (Å²) in [6.45, 7) is 3.08. The number of benzene rings is 1. The van der Waals surface area contributed by atoms with E-state index in [1.54, 1.807) is 6.92 Å². The lowest BCUT2D eigenvalue weighted by Crippen LogP contribution is -2.56. The molecule has 0 radical (unpaired) electrons. The number of ether oxygens (including phenoxy) is 4. The number of amides is 2. The van der Waals surface area contributed by atoms with Gasteiger partial charge in [-0.25, -0.2) is 4.79 Å². The zero-order valence-corrected chi connectivity index (χ0v) is 21.6. The number of nitrogens with one attached hydrogen (secondary N) is 2. The van der Waals surface area contributed by atoms with Gasteiger partial charge in [0.25, 0.3) is 0 Å². The van der Waals surface area contributed by atoms with Gasteiger partial charge in [-0.3, -0.25) is 9.59 Å². The second-order valence-corrected chi connectivity index (χ2v) is 11.4. The van der Waals surface area contributed by atoms with Gasteiger partial charge in [0.15, 0.2) is 5.79 Å².